The molecule has 5 heteroatoms. The average Bonchev–Trinajstić information content (AvgIpc) is 2.96. The van der Waals surface area contributed by atoms with Crippen molar-refractivity contribution in [3.05, 3.63) is 0 Å². The summed E-state index contributed by atoms with van der Waals surface area (Å²) in [4.78, 5) is 20.9. The van der Waals surface area contributed by atoms with Gasteiger partial charge in [0.15, 0.2) is 0 Å². The van der Waals surface area contributed by atoms with Crippen LogP contribution < -0.4 is 0 Å². The zero-order valence-electron chi connectivity index (χ0n) is 14.5. The van der Waals surface area contributed by atoms with Crippen LogP contribution in [0.3, 0.4) is 0 Å². The van der Waals surface area contributed by atoms with Gasteiger partial charge in [0.25, 0.3) is 0 Å². The molecule has 0 bridgehead atoms. The summed E-state index contributed by atoms with van der Waals surface area (Å²) >= 11 is 0. The number of likely N-dealkylation sites (N-methyl/N-ethyl adjacent to an activating group) is 1. The van der Waals surface area contributed by atoms with E-state index in [9.17, 15) is 9.90 Å². The van der Waals surface area contributed by atoms with E-state index < -0.39 is 6.10 Å². The van der Waals surface area contributed by atoms with Crippen molar-refractivity contribution in [3.8, 4) is 0 Å². The maximum absolute atomic E-state index is 12.8. The molecular weight excluding hydrogens is 280 g/mol. The number of rotatable bonds is 2. The lowest BCUT2D eigenvalue weighted by Crippen LogP contribution is -2.61. The van der Waals surface area contributed by atoms with Crippen LogP contribution in [0.1, 0.15) is 53.4 Å². The van der Waals surface area contributed by atoms with Crippen molar-refractivity contribution in [1.29, 1.82) is 0 Å². The van der Waals surface area contributed by atoms with Crippen molar-refractivity contribution in [2.75, 3.05) is 7.05 Å². The third-order valence-corrected chi connectivity index (χ3v) is 6.12. The third-order valence-electron chi connectivity index (χ3n) is 6.12. The van der Waals surface area contributed by atoms with E-state index in [1.54, 1.807) is 6.92 Å². The number of hydrogen-bond acceptors (Lipinski definition) is 4. The van der Waals surface area contributed by atoms with Crippen molar-refractivity contribution in [1.82, 2.24) is 9.96 Å². The molecule has 126 valence electrons. The van der Waals surface area contributed by atoms with Crippen LogP contribution in [0, 0.1) is 17.8 Å². The predicted molar refractivity (Wildman–Crippen MR) is 83.6 cm³/mol. The second-order valence-electron chi connectivity index (χ2n) is 7.97. The molecule has 1 N–H and O–H groups in total. The Morgan fingerprint density at radius 1 is 1.32 bits per heavy atom. The molecule has 3 rings (SSSR count). The van der Waals surface area contributed by atoms with Gasteiger partial charge in [-0.25, -0.2) is 0 Å². The number of hydroxylamine groups is 2. The molecule has 5 nitrogen and oxygen atoms in total. The Hall–Kier alpha value is -0.650. The number of fused-ring (bicyclic) bond motifs is 2. The first kappa shape index (κ1) is 16.2. The van der Waals surface area contributed by atoms with Gasteiger partial charge in [0.05, 0.1) is 6.10 Å². The smallest absolute Gasteiger partial charge is 0.243 e. The van der Waals surface area contributed by atoms with Gasteiger partial charge < -0.3 is 10.0 Å². The lowest BCUT2D eigenvalue weighted by atomic mass is 9.69. The van der Waals surface area contributed by atoms with Crippen molar-refractivity contribution in [2.45, 2.75) is 77.3 Å². The summed E-state index contributed by atoms with van der Waals surface area (Å²) in [6.45, 7) is 8.51. The quantitative estimate of drug-likeness (QED) is 0.847. The molecule has 3 fully saturated rings. The lowest BCUT2D eigenvalue weighted by molar-refractivity contribution is -0.273. The second kappa shape index (κ2) is 5.46. The van der Waals surface area contributed by atoms with Crippen LogP contribution in [0.4, 0.5) is 0 Å². The first-order valence-corrected chi connectivity index (χ1v) is 8.71. The van der Waals surface area contributed by atoms with Crippen molar-refractivity contribution < 1.29 is 14.7 Å². The minimum absolute atomic E-state index is 0.155. The summed E-state index contributed by atoms with van der Waals surface area (Å²) < 4.78 is 0. The van der Waals surface area contributed by atoms with E-state index in [4.69, 9.17) is 4.84 Å². The Morgan fingerprint density at radius 2 is 2.00 bits per heavy atom. The summed E-state index contributed by atoms with van der Waals surface area (Å²) in [6, 6.07) is -0.226. The Balaban J connectivity index is 2.00. The SMILES string of the molecule is CC(C)[C@@H]1CC[C@@H](C)C[C@@]12N(C)C(=O)[C@@H]1C[C@@H]([C@H](C)O)ON12. The van der Waals surface area contributed by atoms with Crippen LogP contribution >= 0.6 is 0 Å². The minimum atomic E-state index is -0.542. The van der Waals surface area contributed by atoms with Crippen molar-refractivity contribution in [3.63, 3.8) is 0 Å². The number of hydrogen-bond donors (Lipinski definition) is 1. The summed E-state index contributed by atoms with van der Waals surface area (Å²) in [5, 5.41) is 11.9. The van der Waals surface area contributed by atoms with E-state index in [1.807, 2.05) is 17.0 Å². The van der Waals surface area contributed by atoms with E-state index >= 15 is 0 Å². The van der Waals surface area contributed by atoms with Gasteiger partial charge in [0.1, 0.15) is 17.8 Å². The largest absolute Gasteiger partial charge is 0.391 e. The highest BCUT2D eigenvalue weighted by Crippen LogP contribution is 2.53. The molecule has 2 aliphatic heterocycles. The lowest BCUT2D eigenvalue weighted by Gasteiger charge is -2.52. The normalized spacial score (nSPS) is 44.1. The molecule has 0 aromatic carbocycles. The monoisotopic (exact) mass is 310 g/mol. The standard InChI is InChI=1S/C17H30N2O3/c1-10(2)13-7-6-11(3)9-17(13)18(5)16(21)14-8-15(12(4)20)22-19(14)17/h10-15,20H,6-9H2,1-5H3/t11-,12+,13+,14+,15+,17+/m1/s1. The molecule has 6 atom stereocenters. The number of aliphatic hydroxyl groups excluding tert-OH is 1. The highest BCUT2D eigenvalue weighted by Gasteiger charge is 2.64. The first-order chi connectivity index (χ1) is 10.3. The Kier molecular flexibility index (Phi) is 4.03. The van der Waals surface area contributed by atoms with E-state index in [1.165, 1.54) is 6.42 Å². The maximum atomic E-state index is 12.8. The first-order valence-electron chi connectivity index (χ1n) is 8.71. The molecule has 1 spiro atoms. The zero-order valence-corrected chi connectivity index (χ0v) is 14.5. The van der Waals surface area contributed by atoms with Gasteiger partial charge in [-0.2, -0.15) is 5.06 Å². The van der Waals surface area contributed by atoms with E-state index in [2.05, 4.69) is 20.8 Å². The summed E-state index contributed by atoms with van der Waals surface area (Å²) in [5.74, 6) is 1.65. The van der Waals surface area contributed by atoms with Crippen LogP contribution in [-0.4, -0.2) is 51.9 Å². The number of carbonyl (C=O) groups is 1. The fraction of sp³-hybridized carbons (Fsp3) is 0.941. The summed E-state index contributed by atoms with van der Waals surface area (Å²) in [7, 11) is 1.94. The Morgan fingerprint density at radius 3 is 2.59 bits per heavy atom. The van der Waals surface area contributed by atoms with E-state index in [0.29, 0.717) is 24.2 Å². The minimum Gasteiger partial charge on any atom is -0.391 e. The van der Waals surface area contributed by atoms with Crippen LogP contribution in [-0.2, 0) is 9.63 Å². The highest BCUT2D eigenvalue weighted by atomic mass is 16.7. The molecule has 0 unspecified atom stereocenters. The highest BCUT2D eigenvalue weighted by molar-refractivity contribution is 5.85. The van der Waals surface area contributed by atoms with Crippen LogP contribution in [0.15, 0.2) is 0 Å². The van der Waals surface area contributed by atoms with Gasteiger partial charge in [0.2, 0.25) is 5.91 Å². The van der Waals surface area contributed by atoms with E-state index in [0.717, 1.165) is 12.8 Å². The number of carbonyl (C=O) groups excluding carboxylic acids is 1. The number of aliphatic hydroxyl groups is 1. The fourth-order valence-electron chi connectivity index (χ4n) is 4.96. The zero-order chi connectivity index (χ0) is 16.2. The maximum Gasteiger partial charge on any atom is 0.243 e. The predicted octanol–water partition coefficient (Wildman–Crippen LogP) is 2.00. The van der Waals surface area contributed by atoms with Gasteiger partial charge >= 0.3 is 0 Å². The topological polar surface area (TPSA) is 53.0 Å². The molecular formula is C17H30N2O3. The Labute approximate surface area is 133 Å². The van der Waals surface area contributed by atoms with Gasteiger partial charge in [0, 0.05) is 19.4 Å². The van der Waals surface area contributed by atoms with Gasteiger partial charge in [-0.05, 0) is 31.6 Å². The molecule has 0 aromatic rings. The molecule has 1 aliphatic carbocycles. The van der Waals surface area contributed by atoms with Gasteiger partial charge in [-0.1, -0.05) is 27.2 Å². The van der Waals surface area contributed by atoms with Crippen molar-refractivity contribution in [2.24, 2.45) is 17.8 Å². The molecule has 2 saturated heterocycles. The fourth-order valence-corrected chi connectivity index (χ4v) is 4.96. The van der Waals surface area contributed by atoms with Gasteiger partial charge in [-0.3, -0.25) is 9.63 Å². The van der Waals surface area contributed by atoms with Crippen molar-refractivity contribution >= 4 is 5.91 Å². The summed E-state index contributed by atoms with van der Waals surface area (Å²) in [6.07, 6.45) is 3.10. The molecule has 0 aromatic heterocycles. The summed E-state index contributed by atoms with van der Waals surface area (Å²) in [5.41, 5.74) is -0.336. The Bertz CT molecular complexity index is 453. The molecule has 0 radical (unpaired) electrons. The third kappa shape index (κ3) is 2.13. The molecule has 1 saturated carbocycles. The van der Waals surface area contributed by atoms with Gasteiger partial charge in [-0.15, -0.1) is 0 Å². The molecule has 1 amide bonds. The number of nitrogens with zero attached hydrogens (tertiary/aromatic N) is 2. The van der Waals surface area contributed by atoms with Crippen LogP contribution in [0.25, 0.3) is 0 Å². The molecule has 22 heavy (non-hydrogen) atoms. The second-order valence-corrected chi connectivity index (χ2v) is 7.97. The average molecular weight is 310 g/mol. The van der Waals surface area contributed by atoms with Crippen LogP contribution in [0.2, 0.25) is 0 Å². The molecule has 2 heterocycles. The van der Waals surface area contributed by atoms with Crippen LogP contribution in [0.5, 0.6) is 0 Å². The molecule has 3 aliphatic rings. The number of amides is 1. The van der Waals surface area contributed by atoms with E-state index in [-0.39, 0.29) is 23.7 Å².